The molecule has 4 heteroatoms. The Morgan fingerprint density at radius 3 is 2.83 bits per heavy atom. The lowest BCUT2D eigenvalue weighted by Crippen LogP contribution is -2.44. The van der Waals surface area contributed by atoms with Gasteiger partial charge in [-0.15, -0.1) is 0 Å². The molecule has 2 rings (SSSR count). The first-order valence-corrected chi connectivity index (χ1v) is 6.47. The van der Waals surface area contributed by atoms with Crippen LogP contribution in [0.2, 0.25) is 0 Å². The minimum absolute atomic E-state index is 0.712. The molecule has 1 aliphatic rings. The van der Waals surface area contributed by atoms with Gasteiger partial charge >= 0.3 is 0 Å². The molecule has 0 aromatic heterocycles. The van der Waals surface area contributed by atoms with E-state index in [1.54, 1.807) is 0 Å². The summed E-state index contributed by atoms with van der Waals surface area (Å²) in [5.74, 6) is 0. The highest BCUT2D eigenvalue weighted by atomic mass is 15.2. The highest BCUT2D eigenvalue weighted by molar-refractivity contribution is 5.58. The van der Waals surface area contributed by atoms with Crippen molar-refractivity contribution in [3.63, 3.8) is 0 Å². The number of piperazine rings is 1. The van der Waals surface area contributed by atoms with Crippen LogP contribution >= 0.6 is 0 Å². The molecule has 0 spiro atoms. The molecule has 0 bridgehead atoms. The van der Waals surface area contributed by atoms with Gasteiger partial charge in [0.25, 0.3) is 0 Å². The largest absolute Gasteiger partial charge is 0.387 e. The van der Waals surface area contributed by atoms with Crippen molar-refractivity contribution in [1.29, 1.82) is 5.26 Å². The van der Waals surface area contributed by atoms with Crippen molar-refractivity contribution < 1.29 is 0 Å². The normalized spacial score (nSPS) is 16.2. The van der Waals surface area contributed by atoms with E-state index in [9.17, 15) is 0 Å². The van der Waals surface area contributed by atoms with Gasteiger partial charge in [-0.1, -0.05) is 6.07 Å². The summed E-state index contributed by atoms with van der Waals surface area (Å²) >= 11 is 0. The lowest BCUT2D eigenvalue weighted by atomic mass is 10.1. The molecule has 0 amide bonds. The Morgan fingerprint density at radius 1 is 1.39 bits per heavy atom. The van der Waals surface area contributed by atoms with E-state index >= 15 is 0 Å². The highest BCUT2D eigenvalue weighted by Gasteiger charge is 2.09. The summed E-state index contributed by atoms with van der Waals surface area (Å²) in [6.45, 7) is 5.55. The van der Waals surface area contributed by atoms with E-state index in [2.05, 4.69) is 33.7 Å². The van der Waals surface area contributed by atoms with E-state index in [0.717, 1.165) is 44.8 Å². The van der Waals surface area contributed by atoms with Gasteiger partial charge in [-0.25, -0.2) is 0 Å². The average Bonchev–Trinajstić information content (AvgIpc) is 2.45. The SMILES string of the molecule is CNc1cc(CCN2CCNCC2)ccc1C#N. The first-order chi connectivity index (χ1) is 8.83. The Labute approximate surface area is 109 Å². The summed E-state index contributed by atoms with van der Waals surface area (Å²) < 4.78 is 0. The second kappa shape index (κ2) is 6.39. The van der Waals surface area contributed by atoms with E-state index in [1.807, 2.05) is 13.1 Å². The van der Waals surface area contributed by atoms with Crippen molar-refractivity contribution in [2.75, 3.05) is 45.1 Å². The lowest BCUT2D eigenvalue weighted by molar-refractivity contribution is 0.244. The molecule has 1 heterocycles. The quantitative estimate of drug-likeness (QED) is 0.831. The fourth-order valence-corrected chi connectivity index (χ4v) is 2.27. The van der Waals surface area contributed by atoms with Crippen LogP contribution in [-0.2, 0) is 6.42 Å². The van der Waals surface area contributed by atoms with Crippen LogP contribution in [0.4, 0.5) is 5.69 Å². The predicted octanol–water partition coefficient (Wildman–Crippen LogP) is 1.05. The number of hydrogen-bond donors (Lipinski definition) is 2. The summed E-state index contributed by atoms with van der Waals surface area (Å²) in [6.07, 6.45) is 1.04. The summed E-state index contributed by atoms with van der Waals surface area (Å²) in [5, 5.41) is 15.4. The second-order valence-corrected chi connectivity index (χ2v) is 4.58. The Morgan fingerprint density at radius 2 is 2.17 bits per heavy atom. The summed E-state index contributed by atoms with van der Waals surface area (Å²) in [6, 6.07) is 8.24. The maximum Gasteiger partial charge on any atom is 0.101 e. The summed E-state index contributed by atoms with van der Waals surface area (Å²) in [5.41, 5.74) is 2.93. The highest BCUT2D eigenvalue weighted by Crippen LogP contribution is 2.17. The Hall–Kier alpha value is -1.57. The third-order valence-corrected chi connectivity index (χ3v) is 3.40. The van der Waals surface area contributed by atoms with Crippen molar-refractivity contribution >= 4 is 5.69 Å². The molecule has 2 N–H and O–H groups in total. The van der Waals surface area contributed by atoms with E-state index in [-0.39, 0.29) is 0 Å². The van der Waals surface area contributed by atoms with Gasteiger partial charge in [-0.3, -0.25) is 0 Å². The Kier molecular flexibility index (Phi) is 4.57. The van der Waals surface area contributed by atoms with Crippen LogP contribution in [0.5, 0.6) is 0 Å². The van der Waals surface area contributed by atoms with Gasteiger partial charge in [0.15, 0.2) is 0 Å². The van der Waals surface area contributed by atoms with Gasteiger partial charge in [0.2, 0.25) is 0 Å². The maximum atomic E-state index is 8.97. The predicted molar refractivity (Wildman–Crippen MR) is 73.7 cm³/mol. The summed E-state index contributed by atoms with van der Waals surface area (Å²) in [7, 11) is 1.86. The van der Waals surface area contributed by atoms with Crippen LogP contribution in [0, 0.1) is 11.3 Å². The van der Waals surface area contributed by atoms with Gasteiger partial charge in [0, 0.05) is 39.8 Å². The third kappa shape index (κ3) is 3.22. The van der Waals surface area contributed by atoms with Crippen molar-refractivity contribution in [2.24, 2.45) is 0 Å². The molecule has 96 valence electrons. The molecule has 1 aliphatic heterocycles. The first-order valence-electron chi connectivity index (χ1n) is 6.47. The molecular formula is C14H20N4. The molecule has 0 atom stereocenters. The fraction of sp³-hybridized carbons (Fsp3) is 0.500. The minimum Gasteiger partial charge on any atom is -0.387 e. The molecule has 1 aromatic rings. The molecule has 1 saturated heterocycles. The number of rotatable bonds is 4. The van der Waals surface area contributed by atoms with Gasteiger partial charge < -0.3 is 15.5 Å². The van der Waals surface area contributed by atoms with E-state index < -0.39 is 0 Å². The number of nitriles is 1. The van der Waals surface area contributed by atoms with Crippen LogP contribution < -0.4 is 10.6 Å². The van der Waals surface area contributed by atoms with Crippen LogP contribution in [0.1, 0.15) is 11.1 Å². The van der Waals surface area contributed by atoms with E-state index in [0.29, 0.717) is 5.56 Å². The van der Waals surface area contributed by atoms with Crippen molar-refractivity contribution in [2.45, 2.75) is 6.42 Å². The van der Waals surface area contributed by atoms with Gasteiger partial charge in [-0.2, -0.15) is 5.26 Å². The number of hydrogen-bond acceptors (Lipinski definition) is 4. The second-order valence-electron chi connectivity index (χ2n) is 4.58. The number of nitrogens with one attached hydrogen (secondary N) is 2. The smallest absolute Gasteiger partial charge is 0.101 e. The monoisotopic (exact) mass is 244 g/mol. The zero-order valence-corrected chi connectivity index (χ0v) is 10.9. The van der Waals surface area contributed by atoms with Gasteiger partial charge in [-0.05, 0) is 24.1 Å². The molecule has 18 heavy (non-hydrogen) atoms. The van der Waals surface area contributed by atoms with Gasteiger partial charge in [0.1, 0.15) is 6.07 Å². The molecular weight excluding hydrogens is 224 g/mol. The topological polar surface area (TPSA) is 51.1 Å². The van der Waals surface area contributed by atoms with Crippen molar-refractivity contribution in [1.82, 2.24) is 10.2 Å². The van der Waals surface area contributed by atoms with Gasteiger partial charge in [0.05, 0.1) is 11.3 Å². The van der Waals surface area contributed by atoms with Crippen LogP contribution in [-0.4, -0.2) is 44.7 Å². The van der Waals surface area contributed by atoms with E-state index in [4.69, 9.17) is 5.26 Å². The Bertz CT molecular complexity index is 430. The fourth-order valence-electron chi connectivity index (χ4n) is 2.27. The summed E-state index contributed by atoms with van der Waals surface area (Å²) in [4.78, 5) is 2.48. The zero-order chi connectivity index (χ0) is 12.8. The number of nitrogens with zero attached hydrogens (tertiary/aromatic N) is 2. The van der Waals surface area contributed by atoms with E-state index in [1.165, 1.54) is 5.56 Å². The van der Waals surface area contributed by atoms with Crippen molar-refractivity contribution in [3.05, 3.63) is 29.3 Å². The van der Waals surface area contributed by atoms with Crippen LogP contribution in [0.3, 0.4) is 0 Å². The molecule has 1 fully saturated rings. The van der Waals surface area contributed by atoms with Crippen LogP contribution in [0.15, 0.2) is 18.2 Å². The van der Waals surface area contributed by atoms with Crippen molar-refractivity contribution in [3.8, 4) is 6.07 Å². The number of anilines is 1. The van der Waals surface area contributed by atoms with Crippen LogP contribution in [0.25, 0.3) is 0 Å². The first kappa shape index (κ1) is 12.9. The molecule has 0 unspecified atom stereocenters. The third-order valence-electron chi connectivity index (χ3n) is 3.40. The minimum atomic E-state index is 0.712. The number of benzene rings is 1. The molecule has 0 aliphatic carbocycles. The molecule has 1 aromatic carbocycles. The maximum absolute atomic E-state index is 8.97. The standard InChI is InChI=1S/C14H20N4/c1-16-14-10-12(2-3-13(14)11-15)4-7-18-8-5-17-6-9-18/h2-3,10,16-17H,4-9H2,1H3. The Balaban J connectivity index is 1.95. The average molecular weight is 244 g/mol. The molecule has 4 nitrogen and oxygen atoms in total. The zero-order valence-electron chi connectivity index (χ0n) is 10.9. The molecule has 0 radical (unpaired) electrons. The molecule has 0 saturated carbocycles. The lowest BCUT2D eigenvalue weighted by Gasteiger charge is -2.27.